The SMILES string of the molecule is CCCCCCCCCCCCOC(=O)C(CC)(CC)C(=O)Oc1c(Cl)cc(Cl)cc1Cl. The van der Waals surface area contributed by atoms with Crippen LogP contribution in [0.5, 0.6) is 5.75 Å². The zero-order chi connectivity index (χ0) is 24.0. The van der Waals surface area contributed by atoms with Gasteiger partial charge in [-0.2, -0.15) is 0 Å². The highest BCUT2D eigenvalue weighted by Crippen LogP contribution is 2.38. The third-order valence-electron chi connectivity index (χ3n) is 5.88. The maximum atomic E-state index is 13.0. The summed E-state index contributed by atoms with van der Waals surface area (Å²) in [6.45, 7) is 6.05. The zero-order valence-corrected chi connectivity index (χ0v) is 21.9. The summed E-state index contributed by atoms with van der Waals surface area (Å²) < 4.78 is 10.9. The molecule has 1 aromatic rings. The van der Waals surface area contributed by atoms with E-state index in [0.717, 1.165) is 19.3 Å². The molecule has 182 valence electrons. The van der Waals surface area contributed by atoms with Crippen LogP contribution in [0.3, 0.4) is 0 Å². The van der Waals surface area contributed by atoms with Crippen molar-refractivity contribution in [3.8, 4) is 5.75 Å². The number of carbonyl (C=O) groups excluding carboxylic acids is 2. The van der Waals surface area contributed by atoms with Gasteiger partial charge in [-0.25, -0.2) is 0 Å². The fourth-order valence-corrected chi connectivity index (χ4v) is 4.51. The monoisotopic (exact) mass is 506 g/mol. The van der Waals surface area contributed by atoms with Crippen molar-refractivity contribution in [3.05, 3.63) is 27.2 Å². The fraction of sp³-hybridized carbons (Fsp3) is 0.680. The molecule has 0 aromatic heterocycles. The van der Waals surface area contributed by atoms with Crippen LogP contribution in [0.2, 0.25) is 15.1 Å². The first-order valence-electron chi connectivity index (χ1n) is 11.9. The lowest BCUT2D eigenvalue weighted by Crippen LogP contribution is -2.42. The molecule has 0 N–H and O–H groups in total. The van der Waals surface area contributed by atoms with Crippen LogP contribution in [0.4, 0.5) is 0 Å². The predicted molar refractivity (Wildman–Crippen MR) is 133 cm³/mol. The molecule has 0 spiro atoms. The highest BCUT2D eigenvalue weighted by atomic mass is 35.5. The molecule has 0 bridgehead atoms. The van der Waals surface area contributed by atoms with Crippen molar-refractivity contribution in [3.63, 3.8) is 0 Å². The van der Waals surface area contributed by atoms with Gasteiger partial charge in [0.2, 0.25) is 0 Å². The van der Waals surface area contributed by atoms with Crippen LogP contribution in [0.25, 0.3) is 0 Å². The van der Waals surface area contributed by atoms with Crippen LogP contribution >= 0.6 is 34.8 Å². The number of unbranched alkanes of at least 4 members (excludes halogenated alkanes) is 9. The van der Waals surface area contributed by atoms with E-state index in [1.807, 2.05) is 0 Å². The van der Waals surface area contributed by atoms with E-state index >= 15 is 0 Å². The highest BCUT2D eigenvalue weighted by molar-refractivity contribution is 6.40. The maximum absolute atomic E-state index is 13.0. The standard InChI is InChI=1S/C25H37Cl3O4/c1-4-7-8-9-10-11-12-13-14-15-16-31-23(29)25(5-2,6-3)24(30)32-22-20(27)17-19(26)18-21(22)28/h17-18H,4-16H2,1-3H3. The number of benzene rings is 1. The maximum Gasteiger partial charge on any atom is 0.328 e. The van der Waals surface area contributed by atoms with Gasteiger partial charge in [0.05, 0.1) is 16.7 Å². The molecular formula is C25H37Cl3O4. The van der Waals surface area contributed by atoms with E-state index in [1.165, 1.54) is 57.1 Å². The topological polar surface area (TPSA) is 52.6 Å². The molecule has 0 aliphatic heterocycles. The van der Waals surface area contributed by atoms with Crippen LogP contribution in [0.1, 0.15) is 97.8 Å². The molecule has 0 fully saturated rings. The summed E-state index contributed by atoms with van der Waals surface area (Å²) in [7, 11) is 0. The summed E-state index contributed by atoms with van der Waals surface area (Å²) in [4.78, 5) is 25.8. The molecule has 0 unspecified atom stereocenters. The molecule has 0 saturated carbocycles. The van der Waals surface area contributed by atoms with Crippen molar-refractivity contribution in [1.82, 2.24) is 0 Å². The highest BCUT2D eigenvalue weighted by Gasteiger charge is 2.46. The summed E-state index contributed by atoms with van der Waals surface area (Å²) in [6.07, 6.45) is 12.5. The summed E-state index contributed by atoms with van der Waals surface area (Å²) in [5.41, 5.74) is -1.40. The molecular weight excluding hydrogens is 471 g/mol. The quantitative estimate of drug-likeness (QED) is 0.0970. The second-order valence-corrected chi connectivity index (χ2v) is 9.45. The van der Waals surface area contributed by atoms with E-state index in [9.17, 15) is 9.59 Å². The third-order valence-corrected chi connectivity index (χ3v) is 6.66. The lowest BCUT2D eigenvalue weighted by atomic mass is 9.82. The number of carbonyl (C=O) groups is 2. The van der Waals surface area contributed by atoms with E-state index in [-0.39, 0.29) is 28.6 Å². The minimum atomic E-state index is -1.40. The molecule has 32 heavy (non-hydrogen) atoms. The Kier molecular flexibility index (Phi) is 14.3. The fourth-order valence-electron chi connectivity index (χ4n) is 3.62. The van der Waals surface area contributed by atoms with E-state index < -0.39 is 17.4 Å². The summed E-state index contributed by atoms with van der Waals surface area (Å²) >= 11 is 18.1. The van der Waals surface area contributed by atoms with Gasteiger partial charge in [0.1, 0.15) is 0 Å². The van der Waals surface area contributed by atoms with Gasteiger partial charge in [-0.1, -0.05) is 113 Å². The summed E-state index contributed by atoms with van der Waals surface area (Å²) in [5, 5.41) is 0.541. The number of hydrogen-bond acceptors (Lipinski definition) is 4. The molecule has 1 aromatic carbocycles. The molecule has 0 heterocycles. The van der Waals surface area contributed by atoms with Crippen molar-refractivity contribution in [2.45, 2.75) is 97.8 Å². The van der Waals surface area contributed by atoms with Gasteiger partial charge in [-0.3, -0.25) is 9.59 Å². The first-order valence-corrected chi connectivity index (χ1v) is 13.0. The number of rotatable bonds is 16. The number of hydrogen-bond donors (Lipinski definition) is 0. The summed E-state index contributed by atoms with van der Waals surface area (Å²) in [6, 6.07) is 2.86. The Balaban J connectivity index is 2.49. The Hall–Kier alpha value is -0.970. The number of esters is 2. The van der Waals surface area contributed by atoms with Crippen molar-refractivity contribution in [2.75, 3.05) is 6.61 Å². The Morgan fingerprint density at radius 2 is 1.22 bits per heavy atom. The predicted octanol–water partition coefficient (Wildman–Crippen LogP) is 8.82. The van der Waals surface area contributed by atoms with Crippen molar-refractivity contribution >= 4 is 46.7 Å². The molecule has 0 atom stereocenters. The molecule has 4 nitrogen and oxygen atoms in total. The second-order valence-electron chi connectivity index (χ2n) is 8.20. The van der Waals surface area contributed by atoms with Crippen LogP contribution in [-0.2, 0) is 14.3 Å². The lowest BCUT2D eigenvalue weighted by Gasteiger charge is -2.27. The Labute approximate surface area is 208 Å². The van der Waals surface area contributed by atoms with E-state index in [2.05, 4.69) is 6.92 Å². The van der Waals surface area contributed by atoms with Crippen molar-refractivity contribution < 1.29 is 19.1 Å². The Bertz CT molecular complexity index is 694. The van der Waals surface area contributed by atoms with E-state index in [4.69, 9.17) is 44.3 Å². The molecule has 0 aliphatic rings. The first-order chi connectivity index (χ1) is 15.3. The van der Waals surface area contributed by atoms with Gasteiger partial charge < -0.3 is 9.47 Å². The van der Waals surface area contributed by atoms with Crippen LogP contribution in [-0.4, -0.2) is 18.5 Å². The smallest absolute Gasteiger partial charge is 0.328 e. The van der Waals surface area contributed by atoms with E-state index in [0.29, 0.717) is 11.6 Å². The van der Waals surface area contributed by atoms with Crippen LogP contribution < -0.4 is 4.74 Å². The van der Waals surface area contributed by atoms with Crippen LogP contribution in [0.15, 0.2) is 12.1 Å². The molecule has 0 amide bonds. The molecule has 0 aliphatic carbocycles. The minimum Gasteiger partial charge on any atom is -0.465 e. The summed E-state index contributed by atoms with van der Waals surface area (Å²) in [5.74, 6) is -1.29. The van der Waals surface area contributed by atoms with Gasteiger partial charge >= 0.3 is 11.9 Å². The van der Waals surface area contributed by atoms with Gasteiger partial charge in [0.15, 0.2) is 11.2 Å². The number of ether oxygens (including phenoxy) is 2. The average Bonchev–Trinajstić information content (AvgIpc) is 2.75. The van der Waals surface area contributed by atoms with Gasteiger partial charge in [0.25, 0.3) is 0 Å². The van der Waals surface area contributed by atoms with Crippen molar-refractivity contribution in [2.24, 2.45) is 5.41 Å². The molecule has 0 saturated heterocycles. The molecule has 7 heteroatoms. The van der Waals surface area contributed by atoms with Gasteiger partial charge in [-0.05, 0) is 31.4 Å². The van der Waals surface area contributed by atoms with E-state index in [1.54, 1.807) is 13.8 Å². The first kappa shape index (κ1) is 29.1. The van der Waals surface area contributed by atoms with Crippen LogP contribution in [0, 0.1) is 5.41 Å². The molecule has 1 rings (SSSR count). The molecule has 0 radical (unpaired) electrons. The third kappa shape index (κ3) is 9.11. The van der Waals surface area contributed by atoms with Gasteiger partial charge in [-0.15, -0.1) is 0 Å². The Morgan fingerprint density at radius 1 is 0.750 bits per heavy atom. The Morgan fingerprint density at radius 3 is 1.69 bits per heavy atom. The number of halogens is 3. The minimum absolute atomic E-state index is 0.00324. The second kappa shape index (κ2) is 15.8. The average molecular weight is 508 g/mol. The van der Waals surface area contributed by atoms with Crippen molar-refractivity contribution in [1.29, 1.82) is 0 Å². The lowest BCUT2D eigenvalue weighted by molar-refractivity contribution is -0.168. The van der Waals surface area contributed by atoms with Gasteiger partial charge in [0, 0.05) is 5.02 Å². The zero-order valence-electron chi connectivity index (χ0n) is 19.6. The largest absolute Gasteiger partial charge is 0.465 e. The normalized spacial score (nSPS) is 11.4.